The number of allylic oxidation sites excluding steroid dienone is 1. The molecule has 3 unspecified atom stereocenters. The molecule has 190 valence electrons. The minimum Gasteiger partial charge on any atom is -0.451 e. The summed E-state index contributed by atoms with van der Waals surface area (Å²) in [6.45, 7) is 8.03. The zero-order valence-corrected chi connectivity index (χ0v) is 20.5. The van der Waals surface area contributed by atoms with E-state index in [0.717, 1.165) is 39.1 Å². The van der Waals surface area contributed by atoms with Crippen LogP contribution in [0.5, 0.6) is 0 Å². The van der Waals surface area contributed by atoms with Gasteiger partial charge >= 0.3 is 5.97 Å². The molecule has 0 aromatic carbocycles. The molecule has 2 aromatic heterocycles. The highest BCUT2D eigenvalue weighted by atomic mass is 16.6. The maximum atomic E-state index is 13.6. The molecule has 4 heterocycles. The number of ether oxygens (including phenoxy) is 1. The Labute approximate surface area is 209 Å². The highest BCUT2D eigenvalue weighted by molar-refractivity contribution is 5.98. The number of rotatable bonds is 9. The van der Waals surface area contributed by atoms with Crippen LogP contribution in [0.1, 0.15) is 50.1 Å². The summed E-state index contributed by atoms with van der Waals surface area (Å²) in [6.07, 6.45) is 6.99. The number of hydrogen-bond donors (Lipinski definition) is 1. The molecule has 0 bridgehead atoms. The second kappa shape index (κ2) is 11.9. The van der Waals surface area contributed by atoms with Crippen molar-refractivity contribution in [2.45, 2.75) is 44.8 Å². The summed E-state index contributed by atoms with van der Waals surface area (Å²) in [5, 5.41) is 15.4. The fourth-order valence-corrected chi connectivity index (χ4v) is 4.82. The predicted molar refractivity (Wildman–Crippen MR) is 133 cm³/mol. The molecule has 0 radical (unpaired) electrons. The zero-order chi connectivity index (χ0) is 25.5. The van der Waals surface area contributed by atoms with Crippen molar-refractivity contribution in [2.24, 2.45) is 4.99 Å². The molecule has 11 nitrogen and oxygen atoms in total. The summed E-state index contributed by atoms with van der Waals surface area (Å²) in [4.78, 5) is 44.8. The summed E-state index contributed by atoms with van der Waals surface area (Å²) >= 11 is 0. The number of esters is 1. The molecule has 36 heavy (non-hydrogen) atoms. The van der Waals surface area contributed by atoms with Crippen LogP contribution in [-0.2, 0) is 9.53 Å². The van der Waals surface area contributed by atoms with Crippen molar-refractivity contribution in [3.63, 3.8) is 0 Å². The summed E-state index contributed by atoms with van der Waals surface area (Å²) < 4.78 is 5.99. The molecule has 2 aliphatic rings. The number of hydrogen-bond acceptors (Lipinski definition) is 10. The number of aromatic nitrogens is 3. The molecule has 11 heteroatoms. The molecule has 0 aliphatic carbocycles. The minimum atomic E-state index is -1.19. The highest BCUT2D eigenvalue weighted by Crippen LogP contribution is 2.37. The van der Waals surface area contributed by atoms with Crippen molar-refractivity contribution < 1.29 is 14.5 Å². The topological polar surface area (TPSA) is 136 Å². The number of carbonyl (C=O) groups is 1. The third kappa shape index (κ3) is 5.97. The van der Waals surface area contributed by atoms with Gasteiger partial charge < -0.3 is 15.0 Å². The normalized spacial score (nSPS) is 21.6. The van der Waals surface area contributed by atoms with E-state index in [1.54, 1.807) is 56.8 Å². The Morgan fingerprint density at radius 1 is 1.22 bits per heavy atom. The van der Waals surface area contributed by atoms with Gasteiger partial charge in [0, 0.05) is 61.6 Å². The second-order valence-electron chi connectivity index (χ2n) is 8.98. The molecule has 0 spiro atoms. The molecule has 4 rings (SSSR count). The van der Waals surface area contributed by atoms with E-state index in [9.17, 15) is 14.9 Å². The van der Waals surface area contributed by atoms with Crippen molar-refractivity contribution in [1.29, 1.82) is 0 Å². The third-order valence-electron chi connectivity index (χ3n) is 6.55. The standard InChI is InChI=1S/C25H31N7O4/c1-17-21(22(19-6-3-8-27-16-19)23(32(34)35)18(2)30-17)25(33)36-20(24-28-9-5-10-29-24)7-4-13-31-14-11-26-12-15-31/h3,5-6,8-10,16,20,22-23,26H,4,7,11-15H2,1-2H3. The van der Waals surface area contributed by atoms with Crippen LogP contribution in [-0.4, -0.2) is 75.2 Å². The van der Waals surface area contributed by atoms with Gasteiger partial charge in [0.15, 0.2) is 11.9 Å². The van der Waals surface area contributed by atoms with Crippen LogP contribution in [0.2, 0.25) is 0 Å². The average molecular weight is 494 g/mol. The van der Waals surface area contributed by atoms with Crippen molar-refractivity contribution >= 4 is 11.7 Å². The van der Waals surface area contributed by atoms with E-state index in [1.165, 1.54) is 0 Å². The number of pyridine rings is 1. The summed E-state index contributed by atoms with van der Waals surface area (Å²) in [5.41, 5.74) is 1.46. The van der Waals surface area contributed by atoms with E-state index < -0.39 is 29.0 Å². The lowest BCUT2D eigenvalue weighted by Gasteiger charge is -2.29. The van der Waals surface area contributed by atoms with Gasteiger partial charge in [-0.25, -0.2) is 14.8 Å². The Balaban J connectivity index is 1.59. The minimum absolute atomic E-state index is 0.165. The highest BCUT2D eigenvalue weighted by Gasteiger charge is 2.45. The molecular weight excluding hydrogens is 462 g/mol. The smallest absolute Gasteiger partial charge is 0.337 e. The zero-order valence-electron chi connectivity index (χ0n) is 20.5. The van der Waals surface area contributed by atoms with Gasteiger partial charge in [-0.05, 0) is 50.9 Å². The SMILES string of the molecule is CC1=NC(C)=C(C(=O)OC(CCCN2CCNCC2)c2ncccn2)C(c2cccnc2)C1[N+](=O)[O-]. The first-order chi connectivity index (χ1) is 17.5. The number of aliphatic imine (C=N–C) groups is 1. The average Bonchev–Trinajstić information content (AvgIpc) is 2.89. The Hall–Kier alpha value is -3.57. The number of nitro groups is 1. The van der Waals surface area contributed by atoms with Gasteiger partial charge in [0.1, 0.15) is 0 Å². The van der Waals surface area contributed by atoms with Crippen molar-refractivity contribution in [3.05, 3.63) is 75.8 Å². The van der Waals surface area contributed by atoms with Crippen molar-refractivity contribution in [3.8, 4) is 0 Å². The molecule has 1 saturated heterocycles. The maximum absolute atomic E-state index is 13.6. The molecule has 3 atom stereocenters. The molecule has 2 aromatic rings. The van der Waals surface area contributed by atoms with Gasteiger partial charge in [-0.15, -0.1) is 0 Å². The largest absolute Gasteiger partial charge is 0.451 e. The van der Waals surface area contributed by atoms with Crippen LogP contribution in [0, 0.1) is 10.1 Å². The van der Waals surface area contributed by atoms with Gasteiger partial charge in [-0.3, -0.25) is 20.1 Å². The summed E-state index contributed by atoms with van der Waals surface area (Å²) in [5.74, 6) is -1.11. The van der Waals surface area contributed by atoms with Crippen LogP contribution in [0.15, 0.2) is 59.2 Å². The van der Waals surface area contributed by atoms with E-state index >= 15 is 0 Å². The summed E-state index contributed by atoms with van der Waals surface area (Å²) in [7, 11) is 0. The van der Waals surface area contributed by atoms with Crippen LogP contribution >= 0.6 is 0 Å². The Bertz CT molecular complexity index is 1120. The van der Waals surface area contributed by atoms with E-state index in [1.807, 2.05) is 0 Å². The van der Waals surface area contributed by atoms with Crippen LogP contribution in [0.3, 0.4) is 0 Å². The van der Waals surface area contributed by atoms with Crippen molar-refractivity contribution in [2.75, 3.05) is 32.7 Å². The van der Waals surface area contributed by atoms with Crippen LogP contribution in [0.25, 0.3) is 0 Å². The van der Waals surface area contributed by atoms with E-state index in [-0.39, 0.29) is 5.57 Å². The third-order valence-corrected chi connectivity index (χ3v) is 6.55. The second-order valence-corrected chi connectivity index (χ2v) is 8.98. The Morgan fingerprint density at radius 3 is 2.64 bits per heavy atom. The van der Waals surface area contributed by atoms with Gasteiger partial charge in [-0.1, -0.05) is 6.07 Å². The van der Waals surface area contributed by atoms with E-state index in [4.69, 9.17) is 4.74 Å². The number of nitrogens with one attached hydrogen (secondary N) is 1. The molecule has 2 aliphatic heterocycles. The van der Waals surface area contributed by atoms with E-state index in [0.29, 0.717) is 29.2 Å². The quantitative estimate of drug-likeness (QED) is 0.317. The van der Waals surface area contributed by atoms with Crippen LogP contribution < -0.4 is 5.32 Å². The fourth-order valence-electron chi connectivity index (χ4n) is 4.82. The number of piperazine rings is 1. The van der Waals surface area contributed by atoms with Crippen molar-refractivity contribution in [1.82, 2.24) is 25.2 Å². The molecule has 0 amide bonds. The molecule has 1 fully saturated rings. The molecule has 1 N–H and O–H groups in total. The van der Waals surface area contributed by atoms with Gasteiger partial charge in [-0.2, -0.15) is 0 Å². The molecule has 0 saturated carbocycles. The monoisotopic (exact) mass is 493 g/mol. The number of carbonyl (C=O) groups excluding carboxylic acids is 1. The van der Waals surface area contributed by atoms with Crippen LogP contribution in [0.4, 0.5) is 0 Å². The first kappa shape index (κ1) is 25.5. The number of nitrogens with zero attached hydrogens (tertiary/aromatic N) is 6. The lowest BCUT2D eigenvalue weighted by molar-refractivity contribution is -0.505. The Morgan fingerprint density at radius 2 is 1.97 bits per heavy atom. The lowest BCUT2D eigenvalue weighted by atomic mass is 9.81. The molecular formula is C25H31N7O4. The first-order valence-electron chi connectivity index (χ1n) is 12.2. The maximum Gasteiger partial charge on any atom is 0.337 e. The Kier molecular flexibility index (Phi) is 8.44. The van der Waals surface area contributed by atoms with Gasteiger partial charge in [0.05, 0.1) is 17.2 Å². The predicted octanol–water partition coefficient (Wildman–Crippen LogP) is 2.32. The lowest BCUT2D eigenvalue weighted by Crippen LogP contribution is -2.43. The first-order valence-corrected chi connectivity index (χ1v) is 12.2. The summed E-state index contributed by atoms with van der Waals surface area (Å²) in [6, 6.07) is 3.94. The van der Waals surface area contributed by atoms with Gasteiger partial charge in [0.25, 0.3) is 6.04 Å². The van der Waals surface area contributed by atoms with Gasteiger partial charge in [0.2, 0.25) is 0 Å². The fraction of sp³-hybridized carbons (Fsp3) is 0.480. The van der Waals surface area contributed by atoms with E-state index in [2.05, 4.69) is 30.2 Å².